The van der Waals surface area contributed by atoms with Gasteiger partial charge in [-0.1, -0.05) is 0 Å². The Labute approximate surface area is 62.9 Å². The molecule has 1 rings (SSSR count). The summed E-state index contributed by atoms with van der Waals surface area (Å²) in [5.41, 5.74) is 2.94. The van der Waals surface area contributed by atoms with Crippen LogP contribution in [0.5, 0.6) is 0 Å². The second-order valence-electron chi connectivity index (χ2n) is 4.01. The fraction of sp³-hybridized carbons (Fsp3) is 1.00. The van der Waals surface area contributed by atoms with Crippen molar-refractivity contribution < 1.29 is 4.84 Å². The fourth-order valence-corrected chi connectivity index (χ4v) is 0.698. The summed E-state index contributed by atoms with van der Waals surface area (Å²) >= 11 is 0. The Bertz CT molecular complexity index is 102. The minimum atomic E-state index is -0.0467. The van der Waals surface area contributed by atoms with Crippen LogP contribution < -0.4 is 5.48 Å². The third-order valence-electron chi connectivity index (χ3n) is 1.45. The van der Waals surface area contributed by atoms with Crippen LogP contribution in [0.1, 0.15) is 33.6 Å². The quantitative estimate of drug-likeness (QED) is 0.607. The van der Waals surface area contributed by atoms with Gasteiger partial charge in [-0.3, -0.25) is 4.84 Å². The molecule has 0 amide bonds. The van der Waals surface area contributed by atoms with Crippen molar-refractivity contribution in [3.63, 3.8) is 0 Å². The average Bonchev–Trinajstić information content (AvgIpc) is 2.45. The van der Waals surface area contributed by atoms with E-state index >= 15 is 0 Å². The fourth-order valence-electron chi connectivity index (χ4n) is 0.698. The highest BCUT2D eigenvalue weighted by Gasteiger charge is 2.21. The molecule has 60 valence electrons. The van der Waals surface area contributed by atoms with Gasteiger partial charge >= 0.3 is 0 Å². The topological polar surface area (TPSA) is 21.3 Å². The Hall–Kier alpha value is -0.0800. The van der Waals surface area contributed by atoms with Gasteiger partial charge in [0.25, 0.3) is 0 Å². The summed E-state index contributed by atoms with van der Waals surface area (Å²) in [6.45, 7) is 7.17. The molecule has 0 aromatic heterocycles. The van der Waals surface area contributed by atoms with Gasteiger partial charge in [0.05, 0.1) is 5.60 Å². The first-order valence-electron chi connectivity index (χ1n) is 3.99. The first-order valence-corrected chi connectivity index (χ1v) is 3.99. The summed E-state index contributed by atoms with van der Waals surface area (Å²) < 4.78 is 0. The minimum absolute atomic E-state index is 0.0467. The molecule has 0 unspecified atom stereocenters. The molecule has 0 radical (unpaired) electrons. The normalized spacial score (nSPS) is 19.5. The third kappa shape index (κ3) is 3.85. The zero-order chi connectivity index (χ0) is 7.61. The molecule has 0 aliphatic heterocycles. The van der Waals surface area contributed by atoms with Gasteiger partial charge in [0.2, 0.25) is 0 Å². The van der Waals surface area contributed by atoms with Crippen molar-refractivity contribution in [2.45, 2.75) is 39.2 Å². The van der Waals surface area contributed by atoms with Crippen molar-refractivity contribution in [2.75, 3.05) is 6.54 Å². The number of hydrogen-bond acceptors (Lipinski definition) is 2. The Morgan fingerprint density at radius 1 is 1.40 bits per heavy atom. The number of rotatable bonds is 3. The van der Waals surface area contributed by atoms with Gasteiger partial charge in [0, 0.05) is 6.54 Å². The van der Waals surface area contributed by atoms with Crippen molar-refractivity contribution in [2.24, 2.45) is 5.92 Å². The Morgan fingerprint density at radius 2 is 2.00 bits per heavy atom. The van der Waals surface area contributed by atoms with Crippen LogP contribution in [0.3, 0.4) is 0 Å². The van der Waals surface area contributed by atoms with Crippen LogP contribution in [-0.2, 0) is 4.84 Å². The van der Waals surface area contributed by atoms with Crippen molar-refractivity contribution in [1.29, 1.82) is 0 Å². The zero-order valence-electron chi connectivity index (χ0n) is 7.11. The molecule has 0 bridgehead atoms. The highest BCUT2D eigenvalue weighted by molar-refractivity contribution is 4.73. The van der Waals surface area contributed by atoms with Crippen LogP contribution in [0.25, 0.3) is 0 Å². The number of hydroxylamine groups is 1. The lowest BCUT2D eigenvalue weighted by Crippen LogP contribution is -2.30. The summed E-state index contributed by atoms with van der Waals surface area (Å²) in [4.78, 5) is 5.33. The van der Waals surface area contributed by atoms with E-state index in [1.165, 1.54) is 12.8 Å². The third-order valence-corrected chi connectivity index (χ3v) is 1.45. The van der Waals surface area contributed by atoms with E-state index in [4.69, 9.17) is 4.84 Å². The van der Waals surface area contributed by atoms with Gasteiger partial charge in [-0.05, 0) is 39.5 Å². The van der Waals surface area contributed by atoms with Crippen molar-refractivity contribution in [1.82, 2.24) is 5.48 Å². The first kappa shape index (κ1) is 8.02. The molecule has 2 heteroatoms. The molecule has 1 aliphatic carbocycles. The molecular formula is C8H17NO. The molecule has 1 N–H and O–H groups in total. The predicted octanol–water partition coefficient (Wildman–Crippen LogP) is 1.72. The molecule has 0 aromatic rings. The molecule has 10 heavy (non-hydrogen) atoms. The van der Waals surface area contributed by atoms with Gasteiger partial charge in [-0.2, -0.15) is 0 Å². The summed E-state index contributed by atoms with van der Waals surface area (Å²) in [7, 11) is 0. The lowest BCUT2D eigenvalue weighted by molar-refractivity contribution is -0.0737. The highest BCUT2D eigenvalue weighted by atomic mass is 16.7. The SMILES string of the molecule is CC(C)(C)ONCC1CC1. The van der Waals surface area contributed by atoms with E-state index < -0.39 is 0 Å². The zero-order valence-corrected chi connectivity index (χ0v) is 7.11. The second kappa shape index (κ2) is 2.89. The number of nitrogens with one attached hydrogen (secondary N) is 1. The van der Waals surface area contributed by atoms with Gasteiger partial charge in [-0.25, -0.2) is 5.48 Å². The highest BCUT2D eigenvalue weighted by Crippen LogP contribution is 2.27. The van der Waals surface area contributed by atoms with Crippen LogP contribution in [0.2, 0.25) is 0 Å². The van der Waals surface area contributed by atoms with E-state index in [-0.39, 0.29) is 5.60 Å². The summed E-state index contributed by atoms with van der Waals surface area (Å²) in [5.74, 6) is 0.891. The van der Waals surface area contributed by atoms with Gasteiger partial charge in [0.15, 0.2) is 0 Å². The maximum atomic E-state index is 5.33. The Morgan fingerprint density at radius 3 is 2.40 bits per heavy atom. The molecule has 0 saturated heterocycles. The summed E-state index contributed by atoms with van der Waals surface area (Å²) in [6, 6.07) is 0. The molecule has 2 nitrogen and oxygen atoms in total. The van der Waals surface area contributed by atoms with E-state index in [0.29, 0.717) is 0 Å². The maximum absolute atomic E-state index is 5.33. The van der Waals surface area contributed by atoms with Crippen LogP contribution in [0.4, 0.5) is 0 Å². The monoisotopic (exact) mass is 143 g/mol. The van der Waals surface area contributed by atoms with Gasteiger partial charge < -0.3 is 0 Å². The largest absolute Gasteiger partial charge is 0.296 e. The van der Waals surface area contributed by atoms with Gasteiger partial charge in [-0.15, -0.1) is 0 Å². The van der Waals surface area contributed by atoms with E-state index in [1.54, 1.807) is 0 Å². The summed E-state index contributed by atoms with van der Waals surface area (Å²) in [6.07, 6.45) is 2.75. The lowest BCUT2D eigenvalue weighted by atomic mass is 10.2. The van der Waals surface area contributed by atoms with Crippen LogP contribution in [-0.4, -0.2) is 12.1 Å². The Balaban J connectivity index is 1.93. The first-order chi connectivity index (χ1) is 4.58. The Kier molecular flexibility index (Phi) is 2.32. The van der Waals surface area contributed by atoms with Crippen molar-refractivity contribution >= 4 is 0 Å². The van der Waals surface area contributed by atoms with E-state index in [2.05, 4.69) is 5.48 Å². The van der Waals surface area contributed by atoms with Gasteiger partial charge in [0.1, 0.15) is 0 Å². The molecule has 0 atom stereocenters. The maximum Gasteiger partial charge on any atom is 0.0812 e. The van der Waals surface area contributed by atoms with Crippen LogP contribution in [0.15, 0.2) is 0 Å². The van der Waals surface area contributed by atoms with E-state index in [9.17, 15) is 0 Å². The lowest BCUT2D eigenvalue weighted by Gasteiger charge is -2.19. The van der Waals surface area contributed by atoms with Crippen LogP contribution >= 0.6 is 0 Å². The van der Waals surface area contributed by atoms with Crippen molar-refractivity contribution in [3.05, 3.63) is 0 Å². The van der Waals surface area contributed by atoms with Crippen LogP contribution in [0, 0.1) is 5.92 Å². The summed E-state index contributed by atoms with van der Waals surface area (Å²) in [5, 5.41) is 0. The minimum Gasteiger partial charge on any atom is -0.296 e. The molecule has 1 aliphatic rings. The van der Waals surface area contributed by atoms with E-state index in [0.717, 1.165) is 12.5 Å². The van der Waals surface area contributed by atoms with E-state index in [1.807, 2.05) is 20.8 Å². The second-order valence-corrected chi connectivity index (χ2v) is 4.01. The molecule has 1 fully saturated rings. The van der Waals surface area contributed by atoms with Crippen molar-refractivity contribution in [3.8, 4) is 0 Å². The molecule has 0 aromatic carbocycles. The average molecular weight is 143 g/mol. The number of hydrogen-bond donors (Lipinski definition) is 1. The molecule has 0 heterocycles. The smallest absolute Gasteiger partial charge is 0.0812 e. The standard InChI is InChI=1S/C8H17NO/c1-8(2,3)10-9-6-7-4-5-7/h7,9H,4-6H2,1-3H3. The molecular weight excluding hydrogens is 126 g/mol. The predicted molar refractivity (Wildman–Crippen MR) is 41.6 cm³/mol. The molecule has 0 spiro atoms. The molecule has 1 saturated carbocycles.